The molecule has 0 spiro atoms. The van der Waals surface area contributed by atoms with Crippen LogP contribution in [0.1, 0.15) is 63.4 Å². The highest BCUT2D eigenvalue weighted by Gasteiger charge is 2.26. The SMILES string of the molecule is CCOC(=O)c1ccc(-n2c(O)c(/C=N/c3sc4c(c3C(=O)OCC)CCCC4)c3ccccc3c2=O)cc1. The molecule has 0 amide bonds. The molecule has 5 rings (SSSR count). The molecule has 1 aliphatic carbocycles. The van der Waals surface area contributed by atoms with Crippen LogP contribution in [-0.4, -0.2) is 41.0 Å². The molecule has 1 aliphatic rings. The molecule has 0 fully saturated rings. The number of thiophene rings is 1. The molecule has 0 unspecified atom stereocenters. The van der Waals surface area contributed by atoms with E-state index in [-0.39, 0.29) is 19.1 Å². The number of ether oxygens (including phenoxy) is 2. The number of fused-ring (bicyclic) bond motifs is 2. The number of aliphatic imine (C=N–C) groups is 1. The molecule has 0 aliphatic heterocycles. The number of aromatic nitrogens is 1. The Hall–Kier alpha value is -4.24. The average molecular weight is 545 g/mol. The first-order valence-corrected chi connectivity index (χ1v) is 13.8. The molecule has 1 N–H and O–H groups in total. The maximum atomic E-state index is 13.5. The van der Waals surface area contributed by atoms with Crippen LogP contribution in [-0.2, 0) is 22.3 Å². The molecule has 39 heavy (non-hydrogen) atoms. The Morgan fingerprint density at radius 1 is 0.974 bits per heavy atom. The lowest BCUT2D eigenvalue weighted by Crippen LogP contribution is -2.20. The fourth-order valence-electron chi connectivity index (χ4n) is 4.87. The van der Waals surface area contributed by atoms with Crippen molar-refractivity contribution in [3.05, 3.63) is 86.0 Å². The van der Waals surface area contributed by atoms with Gasteiger partial charge in [-0.15, -0.1) is 11.3 Å². The van der Waals surface area contributed by atoms with Crippen molar-refractivity contribution in [3.8, 4) is 11.6 Å². The predicted molar refractivity (Wildman–Crippen MR) is 151 cm³/mol. The van der Waals surface area contributed by atoms with E-state index in [1.807, 2.05) is 0 Å². The van der Waals surface area contributed by atoms with E-state index < -0.39 is 17.5 Å². The standard InChI is InChI=1S/C30H28N2O6S/c1-3-37-29(35)18-13-15-19(16-14-18)32-27(33)21-10-6-5-9-20(21)23(28(32)34)17-31-26-25(30(36)38-4-2)22-11-7-8-12-24(22)39-26/h5-6,9-10,13-17,34H,3-4,7-8,11-12H2,1-2H3/b31-17+. The molecule has 0 radical (unpaired) electrons. The van der Waals surface area contributed by atoms with Crippen molar-refractivity contribution >= 4 is 45.3 Å². The highest BCUT2D eigenvalue weighted by molar-refractivity contribution is 7.16. The minimum atomic E-state index is -0.469. The van der Waals surface area contributed by atoms with Gasteiger partial charge in [0.15, 0.2) is 0 Å². The number of carbonyl (C=O) groups is 2. The smallest absolute Gasteiger partial charge is 0.341 e. The molecule has 0 atom stereocenters. The van der Waals surface area contributed by atoms with Gasteiger partial charge in [0.05, 0.1) is 35.6 Å². The summed E-state index contributed by atoms with van der Waals surface area (Å²) >= 11 is 1.47. The summed E-state index contributed by atoms with van der Waals surface area (Å²) < 4.78 is 11.6. The number of hydrogen-bond acceptors (Lipinski definition) is 8. The first-order chi connectivity index (χ1) is 18.9. The number of esters is 2. The Kier molecular flexibility index (Phi) is 7.60. The van der Waals surface area contributed by atoms with Crippen molar-refractivity contribution in [1.82, 2.24) is 4.57 Å². The molecule has 4 aromatic rings. The van der Waals surface area contributed by atoms with Gasteiger partial charge in [-0.2, -0.15) is 0 Å². The highest BCUT2D eigenvalue weighted by Crippen LogP contribution is 2.40. The minimum Gasteiger partial charge on any atom is -0.494 e. The third kappa shape index (κ3) is 4.97. The van der Waals surface area contributed by atoms with Crippen LogP contribution in [0.15, 0.2) is 58.3 Å². The molecule has 0 saturated carbocycles. The molecular weight excluding hydrogens is 516 g/mol. The quantitative estimate of drug-likeness (QED) is 0.235. The van der Waals surface area contributed by atoms with Gasteiger partial charge in [-0.3, -0.25) is 4.79 Å². The van der Waals surface area contributed by atoms with E-state index in [0.717, 1.165) is 36.1 Å². The average Bonchev–Trinajstić information content (AvgIpc) is 3.32. The van der Waals surface area contributed by atoms with Crippen molar-refractivity contribution in [3.63, 3.8) is 0 Å². The van der Waals surface area contributed by atoms with E-state index >= 15 is 0 Å². The normalized spacial score (nSPS) is 13.0. The van der Waals surface area contributed by atoms with Crippen LogP contribution in [0.2, 0.25) is 0 Å². The van der Waals surface area contributed by atoms with Gasteiger partial charge in [0.1, 0.15) is 5.00 Å². The number of carbonyl (C=O) groups excluding carboxylic acids is 2. The van der Waals surface area contributed by atoms with Gasteiger partial charge < -0.3 is 14.6 Å². The molecule has 2 aromatic carbocycles. The van der Waals surface area contributed by atoms with E-state index in [2.05, 4.69) is 4.99 Å². The first kappa shape index (κ1) is 26.4. The van der Waals surface area contributed by atoms with Crippen LogP contribution in [0, 0.1) is 0 Å². The van der Waals surface area contributed by atoms with Crippen LogP contribution < -0.4 is 5.56 Å². The number of benzene rings is 2. The lowest BCUT2D eigenvalue weighted by Gasteiger charge is -2.14. The van der Waals surface area contributed by atoms with Gasteiger partial charge in [0, 0.05) is 21.9 Å². The summed E-state index contributed by atoms with van der Waals surface area (Å²) in [5, 5.41) is 12.8. The fourth-order valence-corrected chi connectivity index (χ4v) is 6.09. The second kappa shape index (κ2) is 11.2. The second-order valence-corrected chi connectivity index (χ2v) is 10.1. The zero-order valence-electron chi connectivity index (χ0n) is 21.7. The zero-order valence-corrected chi connectivity index (χ0v) is 22.5. The van der Waals surface area contributed by atoms with Gasteiger partial charge in [-0.1, -0.05) is 18.2 Å². The van der Waals surface area contributed by atoms with Crippen LogP contribution in [0.3, 0.4) is 0 Å². The monoisotopic (exact) mass is 544 g/mol. The van der Waals surface area contributed by atoms with E-state index in [4.69, 9.17) is 9.47 Å². The summed E-state index contributed by atoms with van der Waals surface area (Å²) in [7, 11) is 0. The molecule has 2 aromatic heterocycles. The Labute approximate surface area is 229 Å². The summed E-state index contributed by atoms with van der Waals surface area (Å²) in [6.45, 7) is 4.01. The van der Waals surface area contributed by atoms with E-state index in [1.54, 1.807) is 62.4 Å². The molecule has 8 nitrogen and oxygen atoms in total. The molecule has 200 valence electrons. The lowest BCUT2D eigenvalue weighted by molar-refractivity contribution is 0.0516. The first-order valence-electron chi connectivity index (χ1n) is 12.9. The Morgan fingerprint density at radius 2 is 1.64 bits per heavy atom. The molecule has 0 saturated heterocycles. The van der Waals surface area contributed by atoms with E-state index in [0.29, 0.717) is 38.2 Å². The van der Waals surface area contributed by atoms with Crippen molar-refractivity contribution in [2.45, 2.75) is 39.5 Å². The van der Waals surface area contributed by atoms with Gasteiger partial charge in [0.25, 0.3) is 5.56 Å². The van der Waals surface area contributed by atoms with E-state index in [1.165, 1.54) is 22.1 Å². The van der Waals surface area contributed by atoms with Crippen LogP contribution >= 0.6 is 11.3 Å². The van der Waals surface area contributed by atoms with Crippen LogP contribution in [0.4, 0.5) is 5.00 Å². The van der Waals surface area contributed by atoms with Crippen molar-refractivity contribution in [2.24, 2.45) is 4.99 Å². The second-order valence-electron chi connectivity index (χ2n) is 9.06. The van der Waals surface area contributed by atoms with E-state index in [9.17, 15) is 19.5 Å². The third-order valence-electron chi connectivity index (χ3n) is 6.68. The van der Waals surface area contributed by atoms with Crippen molar-refractivity contribution < 1.29 is 24.2 Å². The summed E-state index contributed by atoms with van der Waals surface area (Å²) in [4.78, 5) is 44.2. The summed E-state index contributed by atoms with van der Waals surface area (Å²) in [5.41, 5.74) is 2.12. The van der Waals surface area contributed by atoms with Crippen molar-refractivity contribution in [2.75, 3.05) is 13.2 Å². The molecular formula is C30H28N2O6S. The predicted octanol–water partition coefficient (Wildman–Crippen LogP) is 5.74. The zero-order chi connectivity index (χ0) is 27.5. The maximum absolute atomic E-state index is 13.5. The molecule has 9 heteroatoms. The van der Waals surface area contributed by atoms with Gasteiger partial charge >= 0.3 is 11.9 Å². The fraction of sp³-hybridized carbons (Fsp3) is 0.267. The summed E-state index contributed by atoms with van der Waals surface area (Å²) in [6, 6.07) is 13.2. The molecule has 0 bridgehead atoms. The minimum absolute atomic E-state index is 0.249. The largest absolute Gasteiger partial charge is 0.494 e. The Morgan fingerprint density at radius 3 is 2.36 bits per heavy atom. The lowest BCUT2D eigenvalue weighted by atomic mass is 9.95. The number of aryl methyl sites for hydroxylation is 1. The topological polar surface area (TPSA) is 107 Å². The summed E-state index contributed by atoms with van der Waals surface area (Å²) in [6.07, 6.45) is 5.26. The van der Waals surface area contributed by atoms with Crippen LogP contribution in [0.25, 0.3) is 16.5 Å². The number of aromatic hydroxyl groups is 1. The van der Waals surface area contributed by atoms with Gasteiger partial charge in [-0.05, 0) is 75.4 Å². The number of nitrogens with zero attached hydrogens (tertiary/aromatic N) is 2. The Bertz CT molecular complexity index is 1650. The Balaban J connectivity index is 1.64. The number of hydrogen-bond donors (Lipinski definition) is 1. The highest BCUT2D eigenvalue weighted by atomic mass is 32.1. The maximum Gasteiger partial charge on any atom is 0.341 e. The molecule has 2 heterocycles. The number of rotatable bonds is 7. The van der Waals surface area contributed by atoms with Crippen molar-refractivity contribution in [1.29, 1.82) is 0 Å². The van der Waals surface area contributed by atoms with Crippen LogP contribution in [0.5, 0.6) is 5.88 Å². The summed E-state index contributed by atoms with van der Waals surface area (Å²) in [5.74, 6) is -1.17. The van der Waals surface area contributed by atoms with Gasteiger partial charge in [-0.25, -0.2) is 19.1 Å². The third-order valence-corrected chi connectivity index (χ3v) is 7.88. The van der Waals surface area contributed by atoms with Gasteiger partial charge in [0.2, 0.25) is 5.88 Å². The number of pyridine rings is 1.